The van der Waals surface area contributed by atoms with Crippen LogP contribution in [-0.2, 0) is 24.2 Å². The SMILES string of the molecule is CCOCCC1(CNC(=NC)NCc2nccn2CCc2ccccc2)CCCC1. The number of guanidine groups is 1. The molecule has 0 unspecified atom stereocenters. The van der Waals surface area contributed by atoms with E-state index in [0.717, 1.165) is 50.9 Å². The minimum Gasteiger partial charge on any atom is -0.382 e. The highest BCUT2D eigenvalue weighted by Crippen LogP contribution is 2.40. The third-order valence-corrected chi connectivity index (χ3v) is 6.20. The van der Waals surface area contributed by atoms with E-state index in [4.69, 9.17) is 4.74 Å². The van der Waals surface area contributed by atoms with Gasteiger partial charge in [-0.1, -0.05) is 43.2 Å². The second kappa shape index (κ2) is 11.7. The molecule has 0 spiro atoms. The number of benzene rings is 1. The smallest absolute Gasteiger partial charge is 0.191 e. The molecule has 0 amide bonds. The molecule has 1 saturated carbocycles. The first-order chi connectivity index (χ1) is 14.7. The number of aromatic nitrogens is 2. The summed E-state index contributed by atoms with van der Waals surface area (Å²) < 4.78 is 7.85. The molecule has 0 aliphatic heterocycles. The number of aryl methyl sites for hydroxylation is 2. The summed E-state index contributed by atoms with van der Waals surface area (Å²) in [5.41, 5.74) is 1.68. The Bertz CT molecular complexity index is 765. The van der Waals surface area contributed by atoms with E-state index in [9.17, 15) is 0 Å². The lowest BCUT2D eigenvalue weighted by molar-refractivity contribution is 0.105. The standard InChI is InChI=1S/C24H37N5O/c1-3-30-18-14-24(12-7-8-13-24)20-28-23(25-2)27-19-22-26-15-17-29(22)16-11-21-9-5-4-6-10-21/h4-6,9-10,15,17H,3,7-8,11-14,16,18-20H2,1-2H3,(H2,25,27,28). The maximum absolute atomic E-state index is 5.63. The fourth-order valence-corrected chi connectivity index (χ4v) is 4.33. The maximum atomic E-state index is 5.63. The van der Waals surface area contributed by atoms with Crippen molar-refractivity contribution in [1.29, 1.82) is 0 Å². The van der Waals surface area contributed by atoms with E-state index in [-0.39, 0.29) is 0 Å². The lowest BCUT2D eigenvalue weighted by Gasteiger charge is -2.30. The van der Waals surface area contributed by atoms with Gasteiger partial charge < -0.3 is 19.9 Å². The van der Waals surface area contributed by atoms with Gasteiger partial charge >= 0.3 is 0 Å². The van der Waals surface area contributed by atoms with Gasteiger partial charge in [0, 0.05) is 45.7 Å². The Morgan fingerprint density at radius 2 is 2.00 bits per heavy atom. The van der Waals surface area contributed by atoms with Crippen LogP contribution in [0.5, 0.6) is 0 Å². The number of nitrogens with one attached hydrogen (secondary N) is 2. The maximum Gasteiger partial charge on any atom is 0.191 e. The molecule has 2 N–H and O–H groups in total. The number of imidazole rings is 1. The number of hydrogen-bond donors (Lipinski definition) is 2. The average molecular weight is 412 g/mol. The monoisotopic (exact) mass is 411 g/mol. The third-order valence-electron chi connectivity index (χ3n) is 6.20. The second-order valence-corrected chi connectivity index (χ2v) is 8.21. The fourth-order valence-electron chi connectivity index (χ4n) is 4.33. The van der Waals surface area contributed by atoms with Crippen molar-refractivity contribution in [3.63, 3.8) is 0 Å². The summed E-state index contributed by atoms with van der Waals surface area (Å²) in [6, 6.07) is 10.6. The van der Waals surface area contributed by atoms with Gasteiger partial charge in [-0.3, -0.25) is 4.99 Å². The number of nitrogens with zero attached hydrogens (tertiary/aromatic N) is 3. The zero-order chi connectivity index (χ0) is 21.1. The van der Waals surface area contributed by atoms with Crippen LogP contribution in [0.2, 0.25) is 0 Å². The zero-order valence-electron chi connectivity index (χ0n) is 18.6. The zero-order valence-corrected chi connectivity index (χ0v) is 18.6. The summed E-state index contributed by atoms with van der Waals surface area (Å²) in [6.45, 7) is 6.24. The van der Waals surface area contributed by atoms with Crippen molar-refractivity contribution in [2.75, 3.05) is 26.8 Å². The van der Waals surface area contributed by atoms with Gasteiger partial charge in [-0.15, -0.1) is 0 Å². The Balaban J connectivity index is 1.48. The number of hydrogen-bond acceptors (Lipinski definition) is 3. The lowest BCUT2D eigenvalue weighted by atomic mass is 9.83. The van der Waals surface area contributed by atoms with Crippen molar-refractivity contribution < 1.29 is 4.74 Å². The molecule has 3 rings (SSSR count). The molecule has 2 aromatic rings. The van der Waals surface area contributed by atoms with Crippen LogP contribution in [0, 0.1) is 5.41 Å². The number of rotatable bonds is 11. The molecule has 6 nitrogen and oxygen atoms in total. The quantitative estimate of drug-likeness (QED) is 0.336. The first kappa shape index (κ1) is 22.3. The predicted octanol–water partition coefficient (Wildman–Crippen LogP) is 3.78. The molecule has 30 heavy (non-hydrogen) atoms. The Morgan fingerprint density at radius 3 is 2.73 bits per heavy atom. The Labute approximate surface area is 181 Å². The first-order valence-corrected chi connectivity index (χ1v) is 11.3. The molecular formula is C24H37N5O. The van der Waals surface area contributed by atoms with Crippen LogP contribution < -0.4 is 10.6 Å². The molecule has 1 heterocycles. The molecule has 1 fully saturated rings. The van der Waals surface area contributed by atoms with Crippen LogP contribution in [0.15, 0.2) is 47.7 Å². The van der Waals surface area contributed by atoms with Crippen LogP contribution in [0.3, 0.4) is 0 Å². The molecular weight excluding hydrogens is 374 g/mol. The molecule has 1 aromatic heterocycles. The van der Waals surface area contributed by atoms with Gasteiger partial charge in [0.15, 0.2) is 5.96 Å². The normalized spacial score (nSPS) is 16.0. The minimum absolute atomic E-state index is 0.334. The minimum atomic E-state index is 0.334. The van der Waals surface area contributed by atoms with E-state index in [1.54, 1.807) is 0 Å². The molecule has 0 radical (unpaired) electrons. The molecule has 1 aromatic carbocycles. The molecule has 1 aliphatic carbocycles. The number of ether oxygens (including phenoxy) is 1. The van der Waals surface area contributed by atoms with Crippen LogP contribution in [0.25, 0.3) is 0 Å². The van der Waals surface area contributed by atoms with E-state index in [1.807, 2.05) is 13.2 Å². The van der Waals surface area contributed by atoms with Crippen molar-refractivity contribution in [2.24, 2.45) is 10.4 Å². The van der Waals surface area contributed by atoms with Crippen LogP contribution in [-0.4, -0.2) is 42.3 Å². The van der Waals surface area contributed by atoms with Gasteiger partial charge in [-0.2, -0.15) is 0 Å². The summed E-state index contributed by atoms with van der Waals surface area (Å²) in [5, 5.41) is 7.01. The van der Waals surface area contributed by atoms with Gasteiger partial charge in [0.05, 0.1) is 6.54 Å². The highest BCUT2D eigenvalue weighted by atomic mass is 16.5. The summed E-state index contributed by atoms with van der Waals surface area (Å²) in [4.78, 5) is 8.96. The summed E-state index contributed by atoms with van der Waals surface area (Å²) in [7, 11) is 1.83. The summed E-state index contributed by atoms with van der Waals surface area (Å²) in [5.74, 6) is 1.87. The van der Waals surface area contributed by atoms with Crippen molar-refractivity contribution in [1.82, 2.24) is 20.2 Å². The highest BCUT2D eigenvalue weighted by Gasteiger charge is 2.33. The van der Waals surface area contributed by atoms with Gasteiger partial charge in [0.25, 0.3) is 0 Å². The molecule has 164 valence electrons. The Morgan fingerprint density at radius 1 is 1.20 bits per heavy atom. The largest absolute Gasteiger partial charge is 0.382 e. The van der Waals surface area contributed by atoms with Crippen molar-refractivity contribution >= 4 is 5.96 Å². The van der Waals surface area contributed by atoms with Gasteiger partial charge in [-0.05, 0) is 43.6 Å². The van der Waals surface area contributed by atoms with Gasteiger partial charge in [-0.25, -0.2) is 4.98 Å². The lowest BCUT2D eigenvalue weighted by Crippen LogP contribution is -2.43. The van der Waals surface area contributed by atoms with E-state index in [0.29, 0.717) is 12.0 Å². The molecule has 0 atom stereocenters. The fraction of sp³-hybridized carbons (Fsp3) is 0.583. The van der Waals surface area contributed by atoms with Crippen LogP contribution in [0.4, 0.5) is 0 Å². The summed E-state index contributed by atoms with van der Waals surface area (Å²) >= 11 is 0. The molecule has 1 aliphatic rings. The topological polar surface area (TPSA) is 63.5 Å². The summed E-state index contributed by atoms with van der Waals surface area (Å²) in [6.07, 6.45) is 11.2. The third kappa shape index (κ3) is 6.59. The molecule has 0 bridgehead atoms. The van der Waals surface area contributed by atoms with Crippen molar-refractivity contribution in [3.8, 4) is 0 Å². The van der Waals surface area contributed by atoms with Crippen molar-refractivity contribution in [3.05, 3.63) is 54.1 Å². The average Bonchev–Trinajstić information content (AvgIpc) is 3.43. The van der Waals surface area contributed by atoms with Gasteiger partial charge in [0.2, 0.25) is 0 Å². The second-order valence-electron chi connectivity index (χ2n) is 8.21. The van der Waals surface area contributed by atoms with Crippen molar-refractivity contribution in [2.45, 2.75) is 58.5 Å². The molecule has 6 heteroatoms. The van der Waals surface area contributed by atoms with E-state index >= 15 is 0 Å². The predicted molar refractivity (Wildman–Crippen MR) is 123 cm³/mol. The van der Waals surface area contributed by atoms with Crippen LogP contribution >= 0.6 is 0 Å². The number of aliphatic imine (C=N–C) groups is 1. The van der Waals surface area contributed by atoms with Crippen LogP contribution in [0.1, 0.15) is 50.4 Å². The molecule has 0 saturated heterocycles. The van der Waals surface area contributed by atoms with Gasteiger partial charge in [0.1, 0.15) is 5.82 Å². The first-order valence-electron chi connectivity index (χ1n) is 11.3. The Kier molecular flexibility index (Phi) is 8.75. The van der Waals surface area contributed by atoms with E-state index < -0.39 is 0 Å². The Hall–Kier alpha value is -2.34. The van der Waals surface area contributed by atoms with E-state index in [2.05, 4.69) is 68.6 Å². The van der Waals surface area contributed by atoms with E-state index in [1.165, 1.54) is 31.2 Å². The highest BCUT2D eigenvalue weighted by molar-refractivity contribution is 5.79.